The average molecular weight is 502 g/mol. The largest absolute Gasteiger partial charge is 0.455 e. The first-order valence-corrected chi connectivity index (χ1v) is 10.8. The molecule has 2 amide bonds. The molecule has 0 unspecified atom stereocenters. The number of amides is 2. The minimum absolute atomic E-state index is 0.204. The number of carbonyl (C=O) groups excluding carboxylic acids is 2. The van der Waals surface area contributed by atoms with Gasteiger partial charge in [0, 0.05) is 33.8 Å². The summed E-state index contributed by atoms with van der Waals surface area (Å²) < 4.78 is 6.75. The molecule has 4 rings (SSSR count). The number of pyridine rings is 1. The minimum Gasteiger partial charge on any atom is -0.455 e. The highest BCUT2D eigenvalue weighted by atomic mass is 79.9. The van der Waals surface area contributed by atoms with Crippen molar-refractivity contribution in [1.82, 2.24) is 10.4 Å². The van der Waals surface area contributed by atoms with Crippen LogP contribution in [0, 0.1) is 6.92 Å². The maximum absolute atomic E-state index is 12.7. The van der Waals surface area contributed by atoms with Crippen LogP contribution >= 0.6 is 27.5 Å². The average Bonchev–Trinajstić information content (AvgIpc) is 3.11. The van der Waals surface area contributed by atoms with Crippen molar-refractivity contribution in [3.8, 4) is 0 Å². The summed E-state index contributed by atoms with van der Waals surface area (Å²) in [6.45, 7) is 1.81. The van der Waals surface area contributed by atoms with Gasteiger partial charge in [0.2, 0.25) is 0 Å². The number of carbonyl (C=O) groups is 2. The maximum atomic E-state index is 12.7. The Morgan fingerprint density at radius 2 is 1.90 bits per heavy atom. The van der Waals surface area contributed by atoms with E-state index in [1.165, 1.54) is 6.20 Å². The number of benzene rings is 1. The van der Waals surface area contributed by atoms with E-state index in [2.05, 4.69) is 36.8 Å². The monoisotopic (exact) mass is 500 g/mol. The molecule has 0 bridgehead atoms. The molecular formula is C22H18BrClN4O3. The second-order valence-corrected chi connectivity index (χ2v) is 8.38. The van der Waals surface area contributed by atoms with Gasteiger partial charge in [-0.05, 0) is 56.2 Å². The Kier molecular flexibility index (Phi) is 6.20. The third-order valence-electron chi connectivity index (χ3n) is 4.90. The number of hydrogen-bond acceptors (Lipinski definition) is 5. The van der Waals surface area contributed by atoms with E-state index in [1.807, 2.05) is 6.92 Å². The van der Waals surface area contributed by atoms with Gasteiger partial charge in [-0.25, -0.2) is 10.4 Å². The Morgan fingerprint density at radius 3 is 2.61 bits per heavy atom. The van der Waals surface area contributed by atoms with Crippen LogP contribution < -0.4 is 10.7 Å². The van der Waals surface area contributed by atoms with Gasteiger partial charge in [0.05, 0.1) is 10.7 Å². The van der Waals surface area contributed by atoms with Crippen molar-refractivity contribution in [1.29, 1.82) is 0 Å². The van der Waals surface area contributed by atoms with E-state index in [0.717, 1.165) is 16.5 Å². The van der Waals surface area contributed by atoms with Crippen LogP contribution in [0.2, 0.25) is 5.02 Å². The van der Waals surface area contributed by atoms with Crippen molar-refractivity contribution in [2.24, 2.45) is 5.10 Å². The van der Waals surface area contributed by atoms with Gasteiger partial charge in [-0.2, -0.15) is 5.10 Å². The van der Waals surface area contributed by atoms with E-state index in [4.69, 9.17) is 16.0 Å². The molecule has 0 radical (unpaired) electrons. The van der Waals surface area contributed by atoms with Crippen LogP contribution in [-0.4, -0.2) is 22.5 Å². The maximum Gasteiger partial charge on any atom is 0.292 e. The summed E-state index contributed by atoms with van der Waals surface area (Å²) in [4.78, 5) is 29.2. The molecule has 0 saturated carbocycles. The van der Waals surface area contributed by atoms with Crippen LogP contribution in [-0.2, 0) is 6.42 Å². The molecule has 158 valence electrons. The molecule has 9 heteroatoms. The van der Waals surface area contributed by atoms with Gasteiger partial charge in [-0.3, -0.25) is 9.59 Å². The number of aryl methyl sites for hydroxylation is 1. The third-order valence-corrected chi connectivity index (χ3v) is 5.65. The van der Waals surface area contributed by atoms with E-state index < -0.39 is 5.91 Å². The van der Waals surface area contributed by atoms with E-state index in [1.54, 1.807) is 36.4 Å². The zero-order chi connectivity index (χ0) is 22.0. The zero-order valence-corrected chi connectivity index (χ0v) is 18.9. The molecule has 2 aromatic heterocycles. The Bertz CT molecular complexity index is 1170. The molecule has 0 atom stereocenters. The third kappa shape index (κ3) is 4.70. The fourth-order valence-corrected chi connectivity index (χ4v) is 3.78. The molecule has 1 aliphatic rings. The Labute approximate surface area is 192 Å². The molecule has 0 saturated heterocycles. The number of fused-ring (bicyclic) bond motifs is 1. The fourth-order valence-electron chi connectivity index (χ4n) is 3.40. The van der Waals surface area contributed by atoms with Gasteiger partial charge < -0.3 is 9.73 Å². The van der Waals surface area contributed by atoms with Crippen molar-refractivity contribution in [2.45, 2.75) is 26.2 Å². The highest BCUT2D eigenvalue weighted by Gasteiger charge is 2.28. The van der Waals surface area contributed by atoms with Gasteiger partial charge in [0.25, 0.3) is 11.8 Å². The normalized spacial score (nSPS) is 14.2. The molecule has 3 aromatic rings. The topological polar surface area (TPSA) is 96.6 Å². The van der Waals surface area contributed by atoms with Crippen LogP contribution in [0.5, 0.6) is 0 Å². The molecule has 0 spiro atoms. The van der Waals surface area contributed by atoms with E-state index in [-0.39, 0.29) is 11.7 Å². The minimum atomic E-state index is -0.403. The Balaban J connectivity index is 1.55. The van der Waals surface area contributed by atoms with Crippen LogP contribution in [0.4, 0.5) is 5.82 Å². The van der Waals surface area contributed by atoms with Crippen LogP contribution in [0.15, 0.2) is 56.6 Å². The lowest BCUT2D eigenvalue weighted by molar-refractivity contribution is 0.0953. The summed E-state index contributed by atoms with van der Waals surface area (Å²) in [5, 5.41) is 7.53. The number of aromatic nitrogens is 1. The van der Waals surface area contributed by atoms with Gasteiger partial charge in [-0.15, -0.1) is 0 Å². The Morgan fingerprint density at radius 1 is 1.13 bits per heavy atom. The molecule has 1 aliphatic carbocycles. The molecule has 0 fully saturated rings. The predicted molar refractivity (Wildman–Crippen MR) is 122 cm³/mol. The first-order valence-electron chi connectivity index (χ1n) is 9.60. The van der Waals surface area contributed by atoms with Crippen molar-refractivity contribution in [3.05, 3.63) is 80.3 Å². The van der Waals surface area contributed by atoms with Crippen molar-refractivity contribution in [3.63, 3.8) is 0 Å². The van der Waals surface area contributed by atoms with E-state index in [9.17, 15) is 9.59 Å². The summed E-state index contributed by atoms with van der Waals surface area (Å²) in [5.41, 5.74) is 5.26. The number of furan rings is 1. The zero-order valence-electron chi connectivity index (χ0n) is 16.5. The molecule has 2 N–H and O–H groups in total. The quantitative estimate of drug-likeness (QED) is 0.485. The van der Waals surface area contributed by atoms with Gasteiger partial charge >= 0.3 is 0 Å². The number of hydrogen-bond donors (Lipinski definition) is 2. The number of rotatable bonds is 4. The molecule has 2 heterocycles. The van der Waals surface area contributed by atoms with Crippen LogP contribution in [0.25, 0.3) is 0 Å². The van der Waals surface area contributed by atoms with Crippen molar-refractivity contribution in [2.75, 3.05) is 5.32 Å². The predicted octanol–water partition coefficient (Wildman–Crippen LogP) is 5.12. The lowest BCUT2D eigenvalue weighted by atomic mass is 9.93. The number of nitrogens with one attached hydrogen (secondary N) is 2. The highest BCUT2D eigenvalue weighted by molar-refractivity contribution is 9.10. The van der Waals surface area contributed by atoms with Crippen LogP contribution in [0.1, 0.15) is 50.6 Å². The van der Waals surface area contributed by atoms with Gasteiger partial charge in [0.1, 0.15) is 11.6 Å². The van der Waals surface area contributed by atoms with Gasteiger partial charge in [0.15, 0.2) is 5.76 Å². The second-order valence-electron chi connectivity index (χ2n) is 7.03. The fraction of sp³-hybridized carbons (Fsp3) is 0.182. The molecule has 1 aromatic carbocycles. The highest BCUT2D eigenvalue weighted by Crippen LogP contribution is 2.30. The summed E-state index contributed by atoms with van der Waals surface area (Å²) in [7, 11) is 0. The summed E-state index contributed by atoms with van der Waals surface area (Å²) in [6.07, 6.45) is 3.64. The summed E-state index contributed by atoms with van der Waals surface area (Å²) in [5.74, 6) is 0.559. The first-order chi connectivity index (χ1) is 14.9. The number of anilines is 1. The lowest BCUT2D eigenvalue weighted by Crippen LogP contribution is -2.22. The standard InChI is InChI=1S/C22H18BrClN4O3/c1-12-19-16(27-28-21(29)13-5-7-14(23)8-6-13)3-2-4-17(19)31-20(12)22(30)26-18-10-9-15(24)11-25-18/h5-11H,2-4H2,1H3,(H,28,29)(H,25,26,30)/b27-16+. The summed E-state index contributed by atoms with van der Waals surface area (Å²) >= 11 is 9.18. The molecule has 31 heavy (non-hydrogen) atoms. The lowest BCUT2D eigenvalue weighted by Gasteiger charge is -2.13. The molecule has 0 aliphatic heterocycles. The molecular weight excluding hydrogens is 484 g/mol. The van der Waals surface area contributed by atoms with E-state index in [0.29, 0.717) is 46.3 Å². The van der Waals surface area contributed by atoms with Crippen LogP contribution in [0.3, 0.4) is 0 Å². The molecule has 7 nitrogen and oxygen atoms in total. The Hall–Kier alpha value is -2.97. The number of halogens is 2. The van der Waals surface area contributed by atoms with Gasteiger partial charge in [-0.1, -0.05) is 27.5 Å². The second kappa shape index (κ2) is 9.03. The van der Waals surface area contributed by atoms with Crippen molar-refractivity contribution < 1.29 is 14.0 Å². The van der Waals surface area contributed by atoms with E-state index >= 15 is 0 Å². The number of nitrogens with zero attached hydrogens (tertiary/aromatic N) is 2. The summed E-state index contributed by atoms with van der Waals surface area (Å²) in [6, 6.07) is 10.3. The smallest absolute Gasteiger partial charge is 0.292 e. The van der Waals surface area contributed by atoms with Crippen molar-refractivity contribution >= 4 is 50.9 Å². The number of hydrazone groups is 1. The first kappa shape index (κ1) is 21.3. The SMILES string of the molecule is Cc1c(C(=O)Nc2ccc(Cl)cn2)oc2c1/C(=N/NC(=O)c1ccc(Br)cc1)CCC2.